The van der Waals surface area contributed by atoms with Gasteiger partial charge in [0.05, 0.1) is 16.3 Å². The Balaban J connectivity index is 0.747. The lowest BCUT2D eigenvalue weighted by Gasteiger charge is -2.25. The minimum atomic E-state index is -0.404. The molecule has 0 bridgehead atoms. The maximum atomic E-state index is 11.0. The van der Waals surface area contributed by atoms with E-state index in [9.17, 15) is 10.1 Å². The highest BCUT2D eigenvalue weighted by atomic mass is 16.6. The minimum absolute atomic E-state index is 0.0492. The largest absolute Gasteiger partial charge is 0.372 e. The van der Waals surface area contributed by atoms with E-state index in [4.69, 9.17) is 0 Å². The van der Waals surface area contributed by atoms with Gasteiger partial charge in [0.15, 0.2) is 0 Å². The van der Waals surface area contributed by atoms with Crippen LogP contribution in [0.5, 0.6) is 0 Å². The molecule has 8 heteroatoms. The molecule has 0 aliphatic carbocycles. The Labute approximate surface area is 378 Å². The lowest BCUT2D eigenvalue weighted by molar-refractivity contribution is -0.384. The average molecular weight is 853 g/mol. The Kier molecular flexibility index (Phi) is 15.9. The van der Waals surface area contributed by atoms with Crippen molar-refractivity contribution in [1.82, 2.24) is 9.13 Å². The summed E-state index contributed by atoms with van der Waals surface area (Å²) in [6.07, 6.45) is 20.4. The van der Waals surface area contributed by atoms with Crippen LogP contribution in [0.15, 0.2) is 156 Å². The molecule has 8 nitrogen and oxygen atoms in total. The molecule has 0 saturated carbocycles. The molecule has 2 heterocycles. The first-order chi connectivity index (χ1) is 31.6. The summed E-state index contributed by atoms with van der Waals surface area (Å²) in [5.41, 5.74) is 8.07. The molecular formula is C56H64N6O2. The Hall–Kier alpha value is -6.28. The van der Waals surface area contributed by atoms with Crippen LogP contribution in [0.4, 0.5) is 22.7 Å². The molecule has 0 fully saturated rings. The summed E-state index contributed by atoms with van der Waals surface area (Å²) in [6, 6.07) is 49.9. The zero-order valence-electron chi connectivity index (χ0n) is 37.5. The number of benzene rings is 6. The van der Waals surface area contributed by atoms with E-state index in [1.165, 1.54) is 164 Å². The third-order valence-corrected chi connectivity index (χ3v) is 13.0. The summed E-state index contributed by atoms with van der Waals surface area (Å²) in [7, 11) is 0. The summed E-state index contributed by atoms with van der Waals surface area (Å²) in [5, 5.41) is 25.2. The number of nitro benzene ring substituents is 1. The smallest absolute Gasteiger partial charge is 0.269 e. The summed E-state index contributed by atoms with van der Waals surface area (Å²) >= 11 is 0. The van der Waals surface area contributed by atoms with Crippen molar-refractivity contribution in [1.29, 1.82) is 0 Å². The van der Waals surface area contributed by atoms with Gasteiger partial charge >= 0.3 is 0 Å². The van der Waals surface area contributed by atoms with Crippen LogP contribution in [0.1, 0.15) is 103 Å². The molecule has 0 radical (unpaired) electrons. The molecule has 0 saturated heterocycles. The van der Waals surface area contributed by atoms with E-state index in [1.807, 2.05) is 12.1 Å². The van der Waals surface area contributed by atoms with Crippen LogP contribution >= 0.6 is 0 Å². The Morgan fingerprint density at radius 1 is 0.391 bits per heavy atom. The van der Waals surface area contributed by atoms with Gasteiger partial charge in [0.25, 0.3) is 5.69 Å². The van der Waals surface area contributed by atoms with Gasteiger partial charge in [0.1, 0.15) is 0 Å². The number of para-hydroxylation sites is 4. The molecule has 0 aliphatic heterocycles. The number of fused-ring (bicyclic) bond motifs is 6. The van der Waals surface area contributed by atoms with Gasteiger partial charge in [0.2, 0.25) is 0 Å². The van der Waals surface area contributed by atoms with Crippen molar-refractivity contribution in [3.63, 3.8) is 0 Å². The van der Waals surface area contributed by atoms with Crippen molar-refractivity contribution in [2.45, 2.75) is 116 Å². The van der Waals surface area contributed by atoms with Crippen LogP contribution < -0.4 is 4.90 Å². The Morgan fingerprint density at radius 2 is 0.703 bits per heavy atom. The van der Waals surface area contributed by atoms with E-state index in [2.05, 4.69) is 133 Å². The maximum absolute atomic E-state index is 11.0. The molecule has 330 valence electrons. The van der Waals surface area contributed by atoms with E-state index in [1.54, 1.807) is 12.1 Å². The van der Waals surface area contributed by atoms with Crippen LogP contribution in [0.3, 0.4) is 0 Å². The van der Waals surface area contributed by atoms with Crippen molar-refractivity contribution in [2.75, 3.05) is 18.0 Å². The number of anilines is 1. The first-order valence-electron chi connectivity index (χ1n) is 24.1. The lowest BCUT2D eigenvalue weighted by Crippen LogP contribution is -2.25. The highest BCUT2D eigenvalue weighted by Crippen LogP contribution is 2.31. The fraction of sp³-hybridized carbons (Fsp3) is 0.357. The van der Waals surface area contributed by atoms with Crippen molar-refractivity contribution in [3.05, 3.63) is 156 Å². The highest BCUT2D eigenvalue weighted by molar-refractivity contribution is 6.08. The van der Waals surface area contributed by atoms with Crippen LogP contribution in [0.25, 0.3) is 43.6 Å². The fourth-order valence-corrected chi connectivity index (χ4v) is 9.61. The molecule has 8 rings (SSSR count). The molecule has 0 spiro atoms. The third-order valence-electron chi connectivity index (χ3n) is 13.0. The number of hydrogen-bond donors (Lipinski definition) is 0. The number of azo groups is 1. The number of rotatable bonds is 26. The van der Waals surface area contributed by atoms with E-state index < -0.39 is 4.92 Å². The second kappa shape index (κ2) is 22.9. The number of hydrogen-bond acceptors (Lipinski definition) is 5. The van der Waals surface area contributed by atoms with Gasteiger partial charge in [-0.1, -0.05) is 150 Å². The van der Waals surface area contributed by atoms with Crippen molar-refractivity contribution >= 4 is 66.4 Å². The monoisotopic (exact) mass is 853 g/mol. The maximum Gasteiger partial charge on any atom is 0.269 e. The van der Waals surface area contributed by atoms with Gasteiger partial charge in [-0.3, -0.25) is 10.1 Å². The standard InChI is InChI=1S/C56H64N6O2/c63-62(64)48-39-35-46(36-40-48)58-57-45-33-37-47(38-34-45)59(41-21-9-5-1-3-7-11-23-43-60-53-29-17-13-25-49(53)50-26-14-18-30-54(50)60)42-22-10-6-2-4-8-12-24-44-61-55-31-19-15-27-51(55)52-28-16-20-32-56(52)61/h13-20,25-40H,1-12,21-24,41-44H2. The van der Waals surface area contributed by atoms with Gasteiger partial charge < -0.3 is 14.0 Å². The molecule has 6 aromatic carbocycles. The Morgan fingerprint density at radius 3 is 1.06 bits per heavy atom. The number of nitrogens with zero attached hydrogens (tertiary/aromatic N) is 6. The van der Waals surface area contributed by atoms with Gasteiger partial charge in [0, 0.05) is 87.6 Å². The topological polar surface area (TPSA) is 81.0 Å². The van der Waals surface area contributed by atoms with Gasteiger partial charge in [-0.2, -0.15) is 10.2 Å². The molecule has 0 aliphatic rings. The number of aromatic nitrogens is 2. The first kappa shape index (κ1) is 44.3. The summed E-state index contributed by atoms with van der Waals surface area (Å²) in [5.74, 6) is 0. The first-order valence-corrected chi connectivity index (χ1v) is 24.1. The van der Waals surface area contributed by atoms with Crippen LogP contribution in [-0.4, -0.2) is 27.1 Å². The Bertz CT molecular complexity index is 2490. The number of non-ortho nitro benzene ring substituents is 1. The quantitative estimate of drug-likeness (QED) is 0.0235. The van der Waals surface area contributed by atoms with E-state index in [0.29, 0.717) is 5.69 Å². The van der Waals surface area contributed by atoms with Gasteiger partial charge in [-0.15, -0.1) is 0 Å². The van der Waals surface area contributed by atoms with Crippen molar-refractivity contribution in [2.24, 2.45) is 10.2 Å². The van der Waals surface area contributed by atoms with Crippen molar-refractivity contribution < 1.29 is 4.92 Å². The summed E-state index contributed by atoms with van der Waals surface area (Å²) < 4.78 is 5.04. The second-order valence-electron chi connectivity index (χ2n) is 17.5. The normalized spacial score (nSPS) is 11.8. The SMILES string of the molecule is O=[N+]([O-])c1ccc(N=Nc2ccc(N(CCCCCCCCCCn3c4ccccc4c4ccccc43)CCCCCCCCCCn3c4ccccc4c4ccccc43)cc2)cc1. The zero-order chi connectivity index (χ0) is 43.8. The molecule has 0 N–H and O–H groups in total. The van der Waals surface area contributed by atoms with E-state index >= 15 is 0 Å². The molecular weight excluding hydrogens is 789 g/mol. The van der Waals surface area contributed by atoms with Crippen LogP contribution in [0, 0.1) is 10.1 Å². The molecule has 0 atom stereocenters. The van der Waals surface area contributed by atoms with E-state index in [-0.39, 0.29) is 5.69 Å². The number of unbranched alkanes of at least 4 members (excludes halogenated alkanes) is 14. The predicted octanol–water partition coefficient (Wildman–Crippen LogP) is 16.7. The third kappa shape index (κ3) is 11.4. The molecule has 0 amide bonds. The molecule has 2 aromatic heterocycles. The zero-order valence-corrected chi connectivity index (χ0v) is 37.5. The lowest BCUT2D eigenvalue weighted by atomic mass is 10.1. The average Bonchev–Trinajstić information content (AvgIpc) is 3.83. The molecule has 64 heavy (non-hydrogen) atoms. The number of nitro groups is 1. The number of aryl methyl sites for hydroxylation is 2. The second-order valence-corrected chi connectivity index (χ2v) is 17.5. The van der Waals surface area contributed by atoms with Crippen LogP contribution in [0.2, 0.25) is 0 Å². The van der Waals surface area contributed by atoms with Gasteiger partial charge in [-0.25, -0.2) is 0 Å². The minimum Gasteiger partial charge on any atom is -0.372 e. The highest BCUT2D eigenvalue weighted by Gasteiger charge is 2.12. The van der Waals surface area contributed by atoms with E-state index in [0.717, 1.165) is 31.9 Å². The molecule has 8 aromatic rings. The summed E-state index contributed by atoms with van der Waals surface area (Å²) in [4.78, 5) is 13.2. The fourth-order valence-electron chi connectivity index (χ4n) is 9.61. The van der Waals surface area contributed by atoms with Crippen molar-refractivity contribution in [3.8, 4) is 0 Å². The van der Waals surface area contributed by atoms with Crippen LogP contribution in [-0.2, 0) is 13.1 Å². The predicted molar refractivity (Wildman–Crippen MR) is 269 cm³/mol. The van der Waals surface area contributed by atoms with Gasteiger partial charge in [-0.05, 0) is 86.3 Å². The summed E-state index contributed by atoms with van der Waals surface area (Å²) in [6.45, 7) is 4.29. The molecule has 0 unspecified atom stereocenters.